The SMILES string of the molecule is O=C(C[NH+]1CCN(S(=O)(=O)c2ccc(Cl)cc2)CC1)Nc1c(Cl)cc(Cl)cc1Cl. The van der Waals surface area contributed by atoms with Gasteiger partial charge in [0.15, 0.2) is 6.54 Å². The fourth-order valence-corrected chi connectivity index (χ4v) is 5.53. The lowest BCUT2D eigenvalue weighted by Crippen LogP contribution is -3.15. The van der Waals surface area contributed by atoms with E-state index in [-0.39, 0.29) is 27.4 Å². The molecule has 1 aliphatic heterocycles. The molecule has 0 aliphatic carbocycles. The Kier molecular flexibility index (Phi) is 7.32. The number of hydrogen-bond donors (Lipinski definition) is 2. The van der Waals surface area contributed by atoms with Crippen LogP contribution in [0.2, 0.25) is 20.1 Å². The predicted octanol–water partition coefficient (Wildman–Crippen LogP) is 2.83. The van der Waals surface area contributed by atoms with E-state index in [4.69, 9.17) is 46.4 Å². The summed E-state index contributed by atoms with van der Waals surface area (Å²) in [6.45, 7) is 1.81. The van der Waals surface area contributed by atoms with Gasteiger partial charge in [-0.25, -0.2) is 8.42 Å². The van der Waals surface area contributed by atoms with Gasteiger partial charge in [0.2, 0.25) is 10.0 Å². The van der Waals surface area contributed by atoms with Crippen molar-refractivity contribution in [1.82, 2.24) is 4.31 Å². The molecular formula is C18H18Cl4N3O3S+. The third-order valence-electron chi connectivity index (χ3n) is 4.56. The highest BCUT2D eigenvalue weighted by molar-refractivity contribution is 7.89. The van der Waals surface area contributed by atoms with Gasteiger partial charge in [0.25, 0.3) is 5.91 Å². The first-order valence-corrected chi connectivity index (χ1v) is 11.7. The summed E-state index contributed by atoms with van der Waals surface area (Å²) in [5.41, 5.74) is 0.311. The summed E-state index contributed by atoms with van der Waals surface area (Å²) in [7, 11) is -3.58. The molecule has 1 fully saturated rings. The van der Waals surface area contributed by atoms with Crippen molar-refractivity contribution in [3.63, 3.8) is 0 Å². The van der Waals surface area contributed by atoms with Gasteiger partial charge in [-0.15, -0.1) is 0 Å². The first-order chi connectivity index (χ1) is 13.7. The highest BCUT2D eigenvalue weighted by Crippen LogP contribution is 2.33. The van der Waals surface area contributed by atoms with Gasteiger partial charge in [-0.3, -0.25) is 4.79 Å². The summed E-state index contributed by atoms with van der Waals surface area (Å²) in [5, 5.41) is 4.06. The molecule has 2 aromatic rings. The number of nitrogens with zero attached hydrogens (tertiary/aromatic N) is 1. The number of halogens is 4. The van der Waals surface area contributed by atoms with Crippen molar-refractivity contribution in [3.8, 4) is 0 Å². The zero-order valence-electron chi connectivity index (χ0n) is 15.1. The maximum atomic E-state index is 12.7. The van der Waals surface area contributed by atoms with Crippen molar-refractivity contribution in [2.24, 2.45) is 0 Å². The predicted molar refractivity (Wildman–Crippen MR) is 116 cm³/mol. The molecule has 0 unspecified atom stereocenters. The first-order valence-electron chi connectivity index (χ1n) is 8.70. The third kappa shape index (κ3) is 5.55. The van der Waals surface area contributed by atoms with Crippen LogP contribution < -0.4 is 10.2 Å². The molecule has 2 aromatic carbocycles. The second kappa shape index (κ2) is 9.39. The Morgan fingerprint density at radius 2 is 1.52 bits per heavy atom. The lowest BCUT2D eigenvalue weighted by molar-refractivity contribution is -0.895. The summed E-state index contributed by atoms with van der Waals surface area (Å²) in [6.07, 6.45) is 0. The number of hydrogen-bond acceptors (Lipinski definition) is 3. The normalized spacial score (nSPS) is 16.0. The van der Waals surface area contributed by atoms with Crippen molar-refractivity contribution in [2.75, 3.05) is 38.0 Å². The van der Waals surface area contributed by atoms with E-state index in [1.165, 1.54) is 28.6 Å². The summed E-state index contributed by atoms with van der Waals surface area (Å²) in [4.78, 5) is 13.5. The molecule has 0 saturated carbocycles. The Labute approximate surface area is 189 Å². The van der Waals surface area contributed by atoms with Gasteiger partial charge in [-0.2, -0.15) is 4.31 Å². The first kappa shape index (κ1) is 22.6. The molecule has 0 aromatic heterocycles. The van der Waals surface area contributed by atoms with E-state index in [1.807, 2.05) is 0 Å². The monoisotopic (exact) mass is 496 g/mol. The van der Waals surface area contributed by atoms with E-state index in [1.54, 1.807) is 12.1 Å². The molecule has 1 aliphatic rings. The van der Waals surface area contributed by atoms with E-state index in [0.717, 1.165) is 4.90 Å². The smallest absolute Gasteiger partial charge is 0.279 e. The summed E-state index contributed by atoms with van der Waals surface area (Å²) in [6, 6.07) is 9.07. The van der Waals surface area contributed by atoms with Crippen molar-refractivity contribution < 1.29 is 18.1 Å². The zero-order chi connectivity index (χ0) is 21.2. The molecule has 0 bridgehead atoms. The molecule has 156 valence electrons. The van der Waals surface area contributed by atoms with Crippen LogP contribution in [0.4, 0.5) is 5.69 Å². The fraction of sp³-hybridized carbons (Fsp3) is 0.278. The molecule has 0 atom stereocenters. The van der Waals surface area contributed by atoms with Gasteiger partial charge in [0.05, 0.1) is 46.8 Å². The number of nitrogens with one attached hydrogen (secondary N) is 2. The van der Waals surface area contributed by atoms with Gasteiger partial charge >= 0.3 is 0 Å². The van der Waals surface area contributed by atoms with Gasteiger partial charge < -0.3 is 10.2 Å². The highest BCUT2D eigenvalue weighted by Gasteiger charge is 2.31. The zero-order valence-corrected chi connectivity index (χ0v) is 18.9. The number of sulfonamides is 1. The number of amides is 1. The van der Waals surface area contributed by atoms with Crippen LogP contribution in [0.1, 0.15) is 0 Å². The number of anilines is 1. The lowest BCUT2D eigenvalue weighted by Gasteiger charge is -2.31. The Hall–Kier alpha value is -1.06. The Morgan fingerprint density at radius 1 is 0.966 bits per heavy atom. The number of piperazine rings is 1. The minimum atomic E-state index is -3.58. The van der Waals surface area contributed by atoms with Crippen LogP contribution in [0.15, 0.2) is 41.3 Å². The van der Waals surface area contributed by atoms with Crippen molar-refractivity contribution >= 4 is 68.0 Å². The number of quaternary nitrogens is 1. The molecule has 0 radical (unpaired) electrons. The van der Waals surface area contributed by atoms with Crippen LogP contribution in [0.3, 0.4) is 0 Å². The second-order valence-electron chi connectivity index (χ2n) is 6.58. The Balaban J connectivity index is 1.57. The van der Waals surface area contributed by atoms with E-state index >= 15 is 0 Å². The van der Waals surface area contributed by atoms with Crippen LogP contribution in [0.5, 0.6) is 0 Å². The van der Waals surface area contributed by atoms with Crippen LogP contribution >= 0.6 is 46.4 Å². The van der Waals surface area contributed by atoms with Crippen LogP contribution in [-0.2, 0) is 14.8 Å². The largest absolute Gasteiger partial charge is 0.325 e. The van der Waals surface area contributed by atoms with Gasteiger partial charge in [-0.05, 0) is 36.4 Å². The molecule has 3 rings (SSSR count). The van der Waals surface area contributed by atoms with E-state index in [0.29, 0.717) is 41.9 Å². The van der Waals surface area contributed by atoms with E-state index in [2.05, 4.69) is 5.32 Å². The van der Waals surface area contributed by atoms with Crippen LogP contribution in [0, 0.1) is 0 Å². The molecule has 29 heavy (non-hydrogen) atoms. The maximum absolute atomic E-state index is 12.7. The Bertz CT molecular complexity index is 985. The van der Waals surface area contributed by atoms with Crippen LogP contribution in [-0.4, -0.2) is 51.4 Å². The minimum absolute atomic E-state index is 0.171. The topological polar surface area (TPSA) is 70.9 Å². The van der Waals surface area contributed by atoms with Gasteiger partial charge in [-0.1, -0.05) is 46.4 Å². The molecule has 1 heterocycles. The molecule has 6 nitrogen and oxygen atoms in total. The molecule has 0 spiro atoms. The number of carbonyl (C=O) groups is 1. The van der Waals surface area contributed by atoms with Gasteiger partial charge in [0, 0.05) is 10.0 Å². The quantitative estimate of drug-likeness (QED) is 0.667. The third-order valence-corrected chi connectivity index (χ3v) is 7.54. The standard InChI is InChI=1S/C18H17Cl4N3O3S/c19-12-1-3-14(4-2-12)29(27,28)25-7-5-24(6-8-25)11-17(26)23-18-15(21)9-13(20)10-16(18)22/h1-4,9-10H,5-8,11H2,(H,23,26)/p+1. The molecular weight excluding hydrogens is 480 g/mol. The minimum Gasteiger partial charge on any atom is -0.325 e. The summed E-state index contributed by atoms with van der Waals surface area (Å²) >= 11 is 23.9. The summed E-state index contributed by atoms with van der Waals surface area (Å²) < 4.78 is 26.9. The number of benzene rings is 2. The molecule has 2 N–H and O–H groups in total. The van der Waals surface area contributed by atoms with Crippen molar-refractivity contribution in [2.45, 2.75) is 4.90 Å². The van der Waals surface area contributed by atoms with E-state index < -0.39 is 10.0 Å². The van der Waals surface area contributed by atoms with Crippen molar-refractivity contribution in [1.29, 1.82) is 0 Å². The molecule has 1 saturated heterocycles. The average molecular weight is 498 g/mol. The summed E-state index contributed by atoms with van der Waals surface area (Å²) in [5.74, 6) is -0.264. The average Bonchev–Trinajstić information content (AvgIpc) is 2.65. The van der Waals surface area contributed by atoms with Gasteiger partial charge in [0.1, 0.15) is 0 Å². The van der Waals surface area contributed by atoms with E-state index in [9.17, 15) is 13.2 Å². The molecule has 1 amide bonds. The highest BCUT2D eigenvalue weighted by atomic mass is 35.5. The Morgan fingerprint density at radius 3 is 2.07 bits per heavy atom. The van der Waals surface area contributed by atoms with Crippen molar-refractivity contribution in [3.05, 3.63) is 56.5 Å². The molecule has 11 heteroatoms. The lowest BCUT2D eigenvalue weighted by atomic mass is 10.3. The van der Waals surface area contributed by atoms with Crippen LogP contribution in [0.25, 0.3) is 0 Å². The maximum Gasteiger partial charge on any atom is 0.279 e. The fourth-order valence-electron chi connectivity index (χ4n) is 3.05. The number of carbonyl (C=O) groups excluding carboxylic acids is 1. The number of rotatable bonds is 5. The second-order valence-corrected chi connectivity index (χ2v) is 10.2.